The Morgan fingerprint density at radius 2 is 2.13 bits per heavy atom. The van der Waals surface area contributed by atoms with Gasteiger partial charge >= 0.3 is 0 Å². The summed E-state index contributed by atoms with van der Waals surface area (Å²) in [6.45, 7) is 3.16. The molecule has 15 heavy (non-hydrogen) atoms. The highest BCUT2D eigenvalue weighted by molar-refractivity contribution is 5.38. The van der Waals surface area contributed by atoms with Crippen molar-refractivity contribution in [1.29, 1.82) is 0 Å². The molecule has 1 aliphatic carbocycles. The van der Waals surface area contributed by atoms with Crippen LogP contribution < -0.4 is 5.73 Å². The van der Waals surface area contributed by atoms with Gasteiger partial charge in [-0.3, -0.25) is 0 Å². The highest BCUT2D eigenvalue weighted by Crippen LogP contribution is 2.34. The smallest absolute Gasteiger partial charge is 0.126 e. The molecule has 0 aliphatic heterocycles. The van der Waals surface area contributed by atoms with E-state index in [0.29, 0.717) is 5.92 Å². The molecule has 2 rings (SSSR count). The average Bonchev–Trinajstić information content (AvgIpc) is 2.63. The molecule has 0 atom stereocenters. The van der Waals surface area contributed by atoms with Crippen molar-refractivity contribution >= 4 is 5.82 Å². The summed E-state index contributed by atoms with van der Waals surface area (Å²) in [6.07, 6.45) is 9.62. The highest BCUT2D eigenvalue weighted by atomic mass is 15.1. The molecule has 1 aromatic rings. The van der Waals surface area contributed by atoms with Crippen LogP contribution in [0.3, 0.4) is 0 Å². The van der Waals surface area contributed by atoms with Crippen molar-refractivity contribution in [2.24, 2.45) is 0 Å². The van der Waals surface area contributed by atoms with Gasteiger partial charge in [0.2, 0.25) is 0 Å². The third-order valence-corrected chi connectivity index (χ3v) is 3.36. The molecule has 1 fully saturated rings. The Morgan fingerprint density at radius 3 is 2.80 bits per heavy atom. The summed E-state index contributed by atoms with van der Waals surface area (Å²) >= 11 is 0. The summed E-state index contributed by atoms with van der Waals surface area (Å²) in [5, 5.41) is 0. The van der Waals surface area contributed by atoms with Gasteiger partial charge in [0, 0.05) is 12.5 Å². The number of hydrogen-bond donors (Lipinski definition) is 1. The van der Waals surface area contributed by atoms with Crippen LogP contribution in [0.1, 0.15) is 57.1 Å². The van der Waals surface area contributed by atoms with Crippen molar-refractivity contribution in [1.82, 2.24) is 9.55 Å². The minimum Gasteiger partial charge on any atom is -0.384 e. The largest absolute Gasteiger partial charge is 0.384 e. The normalized spacial score (nSPS) is 18.2. The van der Waals surface area contributed by atoms with Crippen molar-refractivity contribution in [3.8, 4) is 0 Å². The molecule has 0 unspecified atom stereocenters. The summed E-state index contributed by atoms with van der Waals surface area (Å²) in [4.78, 5) is 4.50. The van der Waals surface area contributed by atoms with Crippen molar-refractivity contribution in [3.05, 3.63) is 12.0 Å². The third kappa shape index (κ3) is 2.16. The van der Waals surface area contributed by atoms with Crippen LogP contribution in [-0.2, 0) is 6.54 Å². The number of aryl methyl sites for hydroxylation is 1. The van der Waals surface area contributed by atoms with Crippen LogP contribution in [0.2, 0.25) is 0 Å². The second-order valence-electron chi connectivity index (χ2n) is 4.54. The number of nitrogens with two attached hydrogens (primary N) is 1. The topological polar surface area (TPSA) is 43.8 Å². The van der Waals surface area contributed by atoms with Crippen LogP contribution >= 0.6 is 0 Å². The lowest BCUT2D eigenvalue weighted by atomic mass is 9.87. The zero-order valence-corrected chi connectivity index (χ0v) is 9.58. The van der Waals surface area contributed by atoms with Gasteiger partial charge in [0.15, 0.2) is 0 Å². The van der Waals surface area contributed by atoms with Crippen molar-refractivity contribution in [2.45, 2.75) is 57.9 Å². The summed E-state index contributed by atoms with van der Waals surface area (Å²) in [5.41, 5.74) is 7.28. The zero-order chi connectivity index (χ0) is 10.7. The van der Waals surface area contributed by atoms with E-state index in [1.807, 2.05) is 6.33 Å². The van der Waals surface area contributed by atoms with Crippen molar-refractivity contribution in [2.75, 3.05) is 5.73 Å². The van der Waals surface area contributed by atoms with Gasteiger partial charge in [-0.15, -0.1) is 0 Å². The zero-order valence-electron chi connectivity index (χ0n) is 9.58. The van der Waals surface area contributed by atoms with E-state index in [9.17, 15) is 0 Å². The number of hydrogen-bond acceptors (Lipinski definition) is 2. The standard InChI is InChI=1S/C12H21N3/c1-2-8-15-9-14-11(12(15)13)10-6-4-3-5-7-10/h9-10H,2-8,13H2,1H3. The number of nitrogens with zero attached hydrogens (tertiary/aromatic N) is 2. The fourth-order valence-corrected chi connectivity index (χ4v) is 2.52. The first-order valence-corrected chi connectivity index (χ1v) is 6.13. The monoisotopic (exact) mass is 207 g/mol. The Kier molecular flexibility index (Phi) is 3.29. The lowest BCUT2D eigenvalue weighted by molar-refractivity contribution is 0.438. The molecule has 1 aromatic heterocycles. The maximum absolute atomic E-state index is 6.12. The molecule has 3 nitrogen and oxygen atoms in total. The van der Waals surface area contributed by atoms with E-state index in [2.05, 4.69) is 16.5 Å². The van der Waals surface area contributed by atoms with Gasteiger partial charge in [0.25, 0.3) is 0 Å². The minimum atomic E-state index is 0.622. The van der Waals surface area contributed by atoms with Gasteiger partial charge in [0.1, 0.15) is 5.82 Å². The van der Waals surface area contributed by atoms with Gasteiger partial charge in [-0.2, -0.15) is 0 Å². The molecule has 0 spiro atoms. The molecule has 3 heteroatoms. The van der Waals surface area contributed by atoms with Crippen LogP contribution in [0.5, 0.6) is 0 Å². The van der Waals surface area contributed by atoms with E-state index < -0.39 is 0 Å². The molecule has 0 bridgehead atoms. The van der Waals surface area contributed by atoms with E-state index in [1.54, 1.807) is 0 Å². The third-order valence-electron chi connectivity index (χ3n) is 3.36. The van der Waals surface area contributed by atoms with Gasteiger partial charge in [-0.25, -0.2) is 4.98 Å². The minimum absolute atomic E-state index is 0.622. The van der Waals surface area contributed by atoms with Gasteiger partial charge in [-0.1, -0.05) is 26.2 Å². The lowest BCUT2D eigenvalue weighted by Crippen LogP contribution is -2.09. The van der Waals surface area contributed by atoms with E-state index in [1.165, 1.54) is 32.1 Å². The Labute approximate surface area is 91.7 Å². The van der Waals surface area contributed by atoms with E-state index in [0.717, 1.165) is 24.5 Å². The molecular weight excluding hydrogens is 186 g/mol. The summed E-state index contributed by atoms with van der Waals surface area (Å²) in [5.74, 6) is 1.53. The first kappa shape index (κ1) is 10.5. The van der Waals surface area contributed by atoms with Crippen molar-refractivity contribution < 1.29 is 0 Å². The Balaban J connectivity index is 2.13. The van der Waals surface area contributed by atoms with E-state index >= 15 is 0 Å². The number of anilines is 1. The molecule has 2 N–H and O–H groups in total. The molecule has 84 valence electrons. The maximum atomic E-state index is 6.12. The van der Waals surface area contributed by atoms with Gasteiger partial charge < -0.3 is 10.3 Å². The fourth-order valence-electron chi connectivity index (χ4n) is 2.52. The van der Waals surface area contributed by atoms with Crippen LogP contribution in [0, 0.1) is 0 Å². The van der Waals surface area contributed by atoms with Gasteiger partial charge in [0.05, 0.1) is 12.0 Å². The average molecular weight is 207 g/mol. The molecule has 0 saturated heterocycles. The molecule has 0 radical (unpaired) electrons. The van der Waals surface area contributed by atoms with E-state index in [-0.39, 0.29) is 0 Å². The summed E-state index contributed by atoms with van der Waals surface area (Å²) in [6, 6.07) is 0. The first-order valence-electron chi connectivity index (χ1n) is 6.13. The quantitative estimate of drug-likeness (QED) is 0.828. The number of nitrogen functional groups attached to an aromatic ring is 1. The van der Waals surface area contributed by atoms with Crippen LogP contribution in [0.25, 0.3) is 0 Å². The molecular formula is C12H21N3. The number of imidazole rings is 1. The Hall–Kier alpha value is -0.990. The van der Waals surface area contributed by atoms with Gasteiger partial charge in [-0.05, 0) is 19.3 Å². The first-order chi connectivity index (χ1) is 7.33. The molecule has 1 saturated carbocycles. The fraction of sp³-hybridized carbons (Fsp3) is 0.750. The van der Waals surface area contributed by atoms with Crippen LogP contribution in [0.4, 0.5) is 5.82 Å². The van der Waals surface area contributed by atoms with Crippen LogP contribution in [-0.4, -0.2) is 9.55 Å². The number of rotatable bonds is 3. The molecule has 1 aliphatic rings. The second-order valence-corrected chi connectivity index (χ2v) is 4.54. The summed E-state index contributed by atoms with van der Waals surface area (Å²) < 4.78 is 2.09. The van der Waals surface area contributed by atoms with E-state index in [4.69, 9.17) is 5.73 Å². The van der Waals surface area contributed by atoms with Crippen molar-refractivity contribution in [3.63, 3.8) is 0 Å². The molecule has 0 aromatic carbocycles. The number of aromatic nitrogens is 2. The lowest BCUT2D eigenvalue weighted by Gasteiger charge is -2.20. The Morgan fingerprint density at radius 1 is 1.40 bits per heavy atom. The Bertz CT molecular complexity index is 311. The predicted molar refractivity (Wildman–Crippen MR) is 62.8 cm³/mol. The van der Waals surface area contributed by atoms with Crippen LogP contribution in [0.15, 0.2) is 6.33 Å². The SMILES string of the molecule is CCCn1cnc(C2CCCCC2)c1N. The molecule has 1 heterocycles. The summed E-state index contributed by atoms with van der Waals surface area (Å²) in [7, 11) is 0. The second kappa shape index (κ2) is 4.69. The molecule has 0 amide bonds. The predicted octanol–water partition coefficient (Wildman–Crippen LogP) is 2.92. The highest BCUT2D eigenvalue weighted by Gasteiger charge is 2.20. The maximum Gasteiger partial charge on any atom is 0.126 e.